The van der Waals surface area contributed by atoms with Crippen molar-refractivity contribution in [2.45, 2.75) is 72.4 Å². The quantitative estimate of drug-likeness (QED) is 0.0972. The van der Waals surface area contributed by atoms with Gasteiger partial charge in [0.1, 0.15) is 11.2 Å². The van der Waals surface area contributed by atoms with Crippen LogP contribution in [0, 0.1) is 0 Å². The van der Waals surface area contributed by atoms with Crippen LogP contribution in [0.4, 0.5) is 44.5 Å². The number of aromatic nitrogens is 3. The molecule has 0 aliphatic rings. The lowest BCUT2D eigenvalue weighted by Gasteiger charge is -2.19. The number of ether oxygens (including phenoxy) is 2. The molecule has 3 aromatic carbocycles. The maximum atomic E-state index is 12.0. The minimum Gasteiger partial charge on any atom is -0.444 e. The van der Waals surface area contributed by atoms with Crippen molar-refractivity contribution in [1.82, 2.24) is 25.6 Å². The first-order valence-electron chi connectivity index (χ1n) is 15.2. The maximum absolute atomic E-state index is 12.0. The van der Waals surface area contributed by atoms with Crippen molar-refractivity contribution in [3.05, 3.63) is 89.5 Å². The summed E-state index contributed by atoms with van der Waals surface area (Å²) in [5, 5.41) is 15.2. The van der Waals surface area contributed by atoms with Gasteiger partial charge in [-0.05, 0) is 94.6 Å². The van der Waals surface area contributed by atoms with Crippen molar-refractivity contribution >= 4 is 47.1 Å². The fraction of sp³-hybridized carbons (Fsp3) is 0.324. The van der Waals surface area contributed by atoms with Crippen LogP contribution in [-0.2, 0) is 29.1 Å². The molecule has 0 aliphatic heterocycles. The van der Waals surface area contributed by atoms with Crippen molar-refractivity contribution in [3.63, 3.8) is 0 Å². The lowest BCUT2D eigenvalue weighted by molar-refractivity contribution is 0.0512. The third kappa shape index (κ3) is 12.4. The van der Waals surface area contributed by atoms with Gasteiger partial charge in [-0.2, -0.15) is 15.0 Å². The molecule has 4 aromatic rings. The van der Waals surface area contributed by atoms with Gasteiger partial charge in [0, 0.05) is 36.7 Å². The fourth-order valence-corrected chi connectivity index (χ4v) is 4.03. The zero-order valence-electron chi connectivity index (χ0n) is 27.6. The van der Waals surface area contributed by atoms with Crippen LogP contribution in [-0.4, -0.2) is 38.3 Å². The number of rotatable bonds is 11. The van der Waals surface area contributed by atoms with Crippen LogP contribution in [0.1, 0.15) is 58.2 Å². The van der Waals surface area contributed by atoms with E-state index in [-0.39, 0.29) is 0 Å². The highest BCUT2D eigenvalue weighted by Crippen LogP contribution is 2.21. The molecule has 248 valence electrons. The van der Waals surface area contributed by atoms with E-state index >= 15 is 0 Å². The van der Waals surface area contributed by atoms with E-state index < -0.39 is 23.4 Å². The Morgan fingerprint density at radius 1 is 0.574 bits per heavy atom. The fourth-order valence-electron chi connectivity index (χ4n) is 4.03. The molecule has 0 atom stereocenters. The molecular weight excluding hydrogens is 598 g/mol. The Morgan fingerprint density at radius 3 is 1.34 bits per heavy atom. The minimum absolute atomic E-state index is 0.320. The monoisotopic (exact) mass is 641 g/mol. The van der Waals surface area contributed by atoms with E-state index in [2.05, 4.69) is 41.5 Å². The Balaban J connectivity index is 1.44. The molecule has 7 N–H and O–H groups in total. The lowest BCUT2D eigenvalue weighted by Crippen LogP contribution is -2.32. The SMILES string of the molecule is CC(C)(C)OC(=O)NCc1ccc(Nc2nc(NCc3ccc(N)cc3)nc(Nc3ccc(CNC(=O)OC(C)(C)C)cc3)n2)cc1. The van der Waals surface area contributed by atoms with E-state index in [1.54, 1.807) is 0 Å². The average Bonchev–Trinajstić information content (AvgIpc) is 2.98. The number of carbonyl (C=O) groups excluding carboxylic acids is 2. The third-order valence-corrected chi connectivity index (χ3v) is 6.16. The molecule has 13 heteroatoms. The number of nitrogen functional groups attached to an aromatic ring is 1. The standard InChI is InChI=1S/C34H43N9O4/c1-33(2,3)46-31(44)37-20-23-9-15-26(16-10-23)39-29-41-28(36-19-22-7-13-25(35)14-8-22)42-30(43-29)40-27-17-11-24(12-18-27)21-38-32(45)47-34(4,5)6/h7-18H,19-21,35H2,1-6H3,(H,37,44)(H,38,45)(H3,36,39,40,41,42,43). The summed E-state index contributed by atoms with van der Waals surface area (Å²) in [5.74, 6) is 0.999. The van der Waals surface area contributed by atoms with Crippen LogP contribution in [0.15, 0.2) is 72.8 Å². The van der Waals surface area contributed by atoms with Gasteiger partial charge in [0.15, 0.2) is 0 Å². The van der Waals surface area contributed by atoms with Crippen molar-refractivity contribution < 1.29 is 19.1 Å². The Bertz CT molecular complexity index is 1540. The average molecular weight is 642 g/mol. The number of hydrogen-bond donors (Lipinski definition) is 6. The van der Waals surface area contributed by atoms with Gasteiger partial charge in [-0.25, -0.2) is 9.59 Å². The summed E-state index contributed by atoms with van der Waals surface area (Å²) in [5.41, 5.74) is 9.67. The van der Waals surface area contributed by atoms with Crippen molar-refractivity contribution in [2.75, 3.05) is 21.7 Å². The zero-order chi connectivity index (χ0) is 34.0. The summed E-state index contributed by atoms with van der Waals surface area (Å²) in [7, 11) is 0. The van der Waals surface area contributed by atoms with Crippen molar-refractivity contribution in [1.29, 1.82) is 0 Å². The molecule has 0 bridgehead atoms. The second kappa shape index (κ2) is 15.1. The predicted molar refractivity (Wildman–Crippen MR) is 184 cm³/mol. The highest BCUT2D eigenvalue weighted by Gasteiger charge is 2.17. The Hall–Kier alpha value is -5.59. The molecular formula is C34H43N9O4. The van der Waals surface area contributed by atoms with Crippen LogP contribution >= 0.6 is 0 Å². The maximum Gasteiger partial charge on any atom is 0.407 e. The third-order valence-electron chi connectivity index (χ3n) is 6.16. The number of carbonyl (C=O) groups is 2. The number of alkyl carbamates (subject to hydrolysis) is 2. The molecule has 4 rings (SSSR count). The van der Waals surface area contributed by atoms with Crippen LogP contribution in [0.2, 0.25) is 0 Å². The van der Waals surface area contributed by atoms with Gasteiger partial charge in [-0.1, -0.05) is 36.4 Å². The molecule has 1 aromatic heterocycles. The highest BCUT2D eigenvalue weighted by atomic mass is 16.6. The number of nitrogens with zero attached hydrogens (tertiary/aromatic N) is 3. The number of nitrogens with one attached hydrogen (secondary N) is 5. The molecule has 2 amide bonds. The molecule has 0 saturated carbocycles. The number of anilines is 6. The number of nitrogens with two attached hydrogens (primary N) is 1. The van der Waals surface area contributed by atoms with E-state index in [1.165, 1.54) is 0 Å². The van der Waals surface area contributed by atoms with Crippen LogP contribution in [0.25, 0.3) is 0 Å². The molecule has 0 spiro atoms. The molecule has 47 heavy (non-hydrogen) atoms. The summed E-state index contributed by atoms with van der Waals surface area (Å²) in [6, 6.07) is 22.6. The van der Waals surface area contributed by atoms with E-state index in [4.69, 9.17) is 15.2 Å². The van der Waals surface area contributed by atoms with Crippen LogP contribution < -0.4 is 32.3 Å². The summed E-state index contributed by atoms with van der Waals surface area (Å²) < 4.78 is 10.6. The topological polar surface area (TPSA) is 177 Å². The van der Waals surface area contributed by atoms with E-state index in [1.807, 2.05) is 114 Å². The van der Waals surface area contributed by atoms with E-state index in [0.717, 1.165) is 28.1 Å². The van der Waals surface area contributed by atoms with Crippen molar-refractivity contribution in [3.8, 4) is 0 Å². The molecule has 0 radical (unpaired) electrons. The summed E-state index contributed by atoms with van der Waals surface area (Å²) in [6.07, 6.45) is -0.952. The van der Waals surface area contributed by atoms with Crippen LogP contribution in [0.5, 0.6) is 0 Å². The normalized spacial score (nSPS) is 11.3. The smallest absolute Gasteiger partial charge is 0.407 e. The van der Waals surface area contributed by atoms with Gasteiger partial charge in [0.25, 0.3) is 0 Å². The first-order chi connectivity index (χ1) is 22.2. The molecule has 0 unspecified atom stereocenters. The molecule has 0 saturated heterocycles. The summed E-state index contributed by atoms with van der Waals surface area (Å²) in [4.78, 5) is 37.7. The second-order valence-corrected chi connectivity index (χ2v) is 12.8. The highest BCUT2D eigenvalue weighted by molar-refractivity contribution is 5.68. The first-order valence-corrected chi connectivity index (χ1v) is 15.2. The minimum atomic E-state index is -0.566. The Labute approximate surface area is 275 Å². The van der Waals surface area contributed by atoms with E-state index in [9.17, 15) is 9.59 Å². The van der Waals surface area contributed by atoms with E-state index in [0.29, 0.717) is 43.2 Å². The number of benzene rings is 3. The van der Waals surface area contributed by atoms with Gasteiger partial charge in [-0.15, -0.1) is 0 Å². The Kier molecular flexibility index (Phi) is 11.0. The van der Waals surface area contributed by atoms with Gasteiger partial charge in [0.2, 0.25) is 17.8 Å². The largest absolute Gasteiger partial charge is 0.444 e. The zero-order valence-corrected chi connectivity index (χ0v) is 27.6. The number of amides is 2. The van der Waals surface area contributed by atoms with Crippen LogP contribution in [0.3, 0.4) is 0 Å². The molecule has 13 nitrogen and oxygen atoms in total. The molecule has 1 heterocycles. The Morgan fingerprint density at radius 2 is 0.936 bits per heavy atom. The predicted octanol–water partition coefficient (Wildman–Crippen LogP) is 6.60. The van der Waals surface area contributed by atoms with Gasteiger partial charge in [-0.3, -0.25) is 0 Å². The van der Waals surface area contributed by atoms with Gasteiger partial charge < -0.3 is 41.8 Å². The van der Waals surface area contributed by atoms with Gasteiger partial charge >= 0.3 is 12.2 Å². The summed E-state index contributed by atoms with van der Waals surface area (Å²) in [6.45, 7) is 12.0. The lowest BCUT2D eigenvalue weighted by atomic mass is 10.2. The van der Waals surface area contributed by atoms with Crippen molar-refractivity contribution in [2.24, 2.45) is 0 Å². The molecule has 0 fully saturated rings. The first kappa shape index (κ1) is 34.3. The molecule has 0 aliphatic carbocycles. The number of hydrogen-bond acceptors (Lipinski definition) is 11. The summed E-state index contributed by atoms with van der Waals surface area (Å²) >= 11 is 0. The second-order valence-electron chi connectivity index (χ2n) is 12.8. The van der Waals surface area contributed by atoms with Gasteiger partial charge in [0.05, 0.1) is 0 Å².